The molecule has 1 aromatic carbocycles. The van der Waals surface area contributed by atoms with Gasteiger partial charge in [-0.05, 0) is 12.0 Å². The van der Waals surface area contributed by atoms with E-state index in [0.717, 1.165) is 49.2 Å². The van der Waals surface area contributed by atoms with Crippen LogP contribution in [0.1, 0.15) is 12.2 Å². The van der Waals surface area contributed by atoms with Crippen LogP contribution < -0.4 is 5.32 Å². The molecule has 154 valence electrons. The largest absolute Gasteiger partial charge is 0.382 e. The fourth-order valence-corrected chi connectivity index (χ4v) is 3.27. The van der Waals surface area contributed by atoms with Gasteiger partial charge in [0.25, 0.3) is 0 Å². The molecule has 1 aromatic heterocycles. The first kappa shape index (κ1) is 22.6. The molecule has 0 bridgehead atoms. The first-order valence-corrected chi connectivity index (χ1v) is 9.41. The highest BCUT2D eigenvalue weighted by Gasteiger charge is 2.25. The molecule has 2 N–H and O–H groups in total. The van der Waals surface area contributed by atoms with Gasteiger partial charge in [-0.1, -0.05) is 30.3 Å². The lowest BCUT2D eigenvalue weighted by atomic mass is 10.1. The van der Waals surface area contributed by atoms with E-state index in [4.69, 9.17) is 9.47 Å². The predicted octanol–water partition coefficient (Wildman–Crippen LogP) is 2.76. The normalized spacial score (nSPS) is 16.9. The number of halogens is 1. The number of aromatic nitrogens is 2. The number of aliphatic imine (C=N–C) groups is 1. The van der Waals surface area contributed by atoms with Crippen molar-refractivity contribution in [2.24, 2.45) is 10.9 Å². The number of ether oxygens (including phenoxy) is 2. The molecule has 1 aliphatic rings. The molecule has 2 heterocycles. The van der Waals surface area contributed by atoms with Crippen LogP contribution in [0.3, 0.4) is 0 Å². The van der Waals surface area contributed by atoms with Crippen LogP contribution in [0.4, 0.5) is 0 Å². The molecule has 0 aliphatic carbocycles. The number of likely N-dealkylation sites (tertiary alicyclic amines) is 1. The molecule has 28 heavy (non-hydrogen) atoms. The zero-order chi connectivity index (χ0) is 18.9. The molecule has 0 saturated carbocycles. The van der Waals surface area contributed by atoms with Crippen molar-refractivity contribution in [3.63, 3.8) is 0 Å². The number of H-pyrrole nitrogens is 1. The maximum Gasteiger partial charge on any atom is 0.194 e. The van der Waals surface area contributed by atoms with E-state index >= 15 is 0 Å². The second kappa shape index (κ2) is 12.0. The van der Waals surface area contributed by atoms with E-state index in [2.05, 4.69) is 37.3 Å². The number of aromatic amines is 1. The molecule has 0 spiro atoms. The van der Waals surface area contributed by atoms with E-state index in [1.165, 1.54) is 0 Å². The topological polar surface area (TPSA) is 74.8 Å². The minimum Gasteiger partial charge on any atom is -0.382 e. The van der Waals surface area contributed by atoms with E-state index in [1.54, 1.807) is 7.11 Å². The second-order valence-corrected chi connectivity index (χ2v) is 6.68. The highest BCUT2D eigenvalue weighted by Crippen LogP contribution is 2.18. The SMILES string of the molecule is CN=C(NCc1ncc(-c2ccccc2)[nH]1)N1CCC(COCCOC)C1.I. The molecular weight excluding hydrogens is 469 g/mol. The van der Waals surface area contributed by atoms with Gasteiger partial charge in [0.15, 0.2) is 5.96 Å². The summed E-state index contributed by atoms with van der Waals surface area (Å²) in [6.45, 7) is 4.64. The summed E-state index contributed by atoms with van der Waals surface area (Å²) >= 11 is 0. The maximum absolute atomic E-state index is 5.67. The molecule has 1 atom stereocenters. The van der Waals surface area contributed by atoms with Crippen LogP contribution in [-0.2, 0) is 16.0 Å². The van der Waals surface area contributed by atoms with Crippen LogP contribution >= 0.6 is 24.0 Å². The summed E-state index contributed by atoms with van der Waals surface area (Å²) in [5, 5.41) is 3.41. The third-order valence-electron chi connectivity index (χ3n) is 4.71. The fraction of sp³-hybridized carbons (Fsp3) is 0.500. The van der Waals surface area contributed by atoms with Crippen molar-refractivity contribution >= 4 is 29.9 Å². The summed E-state index contributed by atoms with van der Waals surface area (Å²) in [6, 6.07) is 10.2. The summed E-state index contributed by atoms with van der Waals surface area (Å²) in [5.41, 5.74) is 2.16. The van der Waals surface area contributed by atoms with E-state index in [1.807, 2.05) is 31.4 Å². The van der Waals surface area contributed by atoms with Crippen LogP contribution in [0.5, 0.6) is 0 Å². The van der Waals surface area contributed by atoms with Gasteiger partial charge >= 0.3 is 0 Å². The van der Waals surface area contributed by atoms with Crippen molar-refractivity contribution in [3.8, 4) is 11.3 Å². The third kappa shape index (κ3) is 6.46. The molecular formula is C20H30IN5O2. The van der Waals surface area contributed by atoms with Crippen molar-refractivity contribution in [3.05, 3.63) is 42.4 Å². The lowest BCUT2D eigenvalue weighted by molar-refractivity contribution is 0.0536. The smallest absolute Gasteiger partial charge is 0.194 e. The Bertz CT molecular complexity index is 722. The molecule has 1 saturated heterocycles. The lowest BCUT2D eigenvalue weighted by Gasteiger charge is -2.21. The number of nitrogens with one attached hydrogen (secondary N) is 2. The minimum atomic E-state index is 0. The van der Waals surface area contributed by atoms with Crippen LogP contribution in [0, 0.1) is 5.92 Å². The predicted molar refractivity (Wildman–Crippen MR) is 122 cm³/mol. The average molecular weight is 499 g/mol. The Hall–Kier alpha value is -1.65. The number of imidazole rings is 1. The quantitative estimate of drug-likeness (QED) is 0.253. The molecule has 2 aromatic rings. The molecule has 1 aliphatic heterocycles. The van der Waals surface area contributed by atoms with Crippen molar-refractivity contribution in [1.82, 2.24) is 20.2 Å². The number of methoxy groups -OCH3 is 1. The Balaban J connectivity index is 0.00000280. The summed E-state index contributed by atoms with van der Waals surface area (Å²) < 4.78 is 10.7. The summed E-state index contributed by atoms with van der Waals surface area (Å²) in [6.07, 6.45) is 2.99. The number of rotatable bonds is 8. The average Bonchev–Trinajstić information content (AvgIpc) is 3.37. The van der Waals surface area contributed by atoms with Gasteiger partial charge in [0.2, 0.25) is 0 Å². The maximum atomic E-state index is 5.67. The van der Waals surface area contributed by atoms with E-state index in [-0.39, 0.29) is 24.0 Å². The van der Waals surface area contributed by atoms with Gasteiger partial charge < -0.3 is 24.7 Å². The molecule has 0 radical (unpaired) electrons. The summed E-state index contributed by atoms with van der Waals surface area (Å²) in [7, 11) is 3.51. The number of guanidine groups is 1. The van der Waals surface area contributed by atoms with E-state index in [9.17, 15) is 0 Å². The number of nitrogens with zero attached hydrogens (tertiary/aromatic N) is 3. The Labute approximate surface area is 184 Å². The molecule has 1 fully saturated rings. The number of hydrogen-bond donors (Lipinski definition) is 2. The molecule has 1 unspecified atom stereocenters. The van der Waals surface area contributed by atoms with Crippen LogP contribution in [0.2, 0.25) is 0 Å². The second-order valence-electron chi connectivity index (χ2n) is 6.68. The van der Waals surface area contributed by atoms with Gasteiger partial charge in [-0.25, -0.2) is 4.98 Å². The first-order chi connectivity index (χ1) is 13.3. The lowest BCUT2D eigenvalue weighted by Crippen LogP contribution is -2.40. The Morgan fingerprint density at radius 3 is 2.89 bits per heavy atom. The van der Waals surface area contributed by atoms with Gasteiger partial charge in [-0.3, -0.25) is 4.99 Å². The van der Waals surface area contributed by atoms with Crippen LogP contribution in [0.25, 0.3) is 11.3 Å². The Morgan fingerprint density at radius 1 is 1.32 bits per heavy atom. The standard InChI is InChI=1S/C20H29N5O2.HI/c1-21-20(25-9-8-16(14-25)15-27-11-10-26-2)23-13-19-22-12-18(24-19)17-6-4-3-5-7-17;/h3-7,12,16H,8-11,13-15H2,1-2H3,(H,21,23)(H,22,24);1H. The zero-order valence-electron chi connectivity index (χ0n) is 16.6. The van der Waals surface area contributed by atoms with E-state index < -0.39 is 0 Å². The number of hydrogen-bond acceptors (Lipinski definition) is 4. The first-order valence-electron chi connectivity index (χ1n) is 9.41. The van der Waals surface area contributed by atoms with E-state index in [0.29, 0.717) is 25.7 Å². The molecule has 7 nitrogen and oxygen atoms in total. The van der Waals surface area contributed by atoms with Crippen molar-refractivity contribution in [1.29, 1.82) is 0 Å². The molecule has 0 amide bonds. The highest BCUT2D eigenvalue weighted by atomic mass is 127. The van der Waals surface area contributed by atoms with Crippen LogP contribution in [0.15, 0.2) is 41.5 Å². The monoisotopic (exact) mass is 499 g/mol. The Kier molecular flexibility index (Phi) is 9.72. The third-order valence-corrected chi connectivity index (χ3v) is 4.71. The van der Waals surface area contributed by atoms with Gasteiger partial charge in [0.1, 0.15) is 5.82 Å². The minimum absolute atomic E-state index is 0. The fourth-order valence-electron chi connectivity index (χ4n) is 3.27. The summed E-state index contributed by atoms with van der Waals surface area (Å²) in [5.74, 6) is 2.34. The van der Waals surface area contributed by atoms with Gasteiger partial charge in [-0.15, -0.1) is 24.0 Å². The van der Waals surface area contributed by atoms with Crippen LogP contribution in [-0.4, -0.2) is 67.9 Å². The molecule has 3 rings (SSSR count). The number of benzene rings is 1. The molecule has 8 heteroatoms. The van der Waals surface area contributed by atoms with Gasteiger partial charge in [0, 0.05) is 33.2 Å². The Morgan fingerprint density at radius 2 is 2.14 bits per heavy atom. The zero-order valence-corrected chi connectivity index (χ0v) is 18.9. The highest BCUT2D eigenvalue weighted by molar-refractivity contribution is 14.0. The van der Waals surface area contributed by atoms with Crippen molar-refractivity contribution < 1.29 is 9.47 Å². The van der Waals surface area contributed by atoms with Crippen molar-refractivity contribution in [2.75, 3.05) is 47.1 Å². The van der Waals surface area contributed by atoms with Gasteiger partial charge in [0.05, 0.1) is 38.3 Å². The van der Waals surface area contributed by atoms with Gasteiger partial charge in [-0.2, -0.15) is 0 Å². The van der Waals surface area contributed by atoms with Crippen molar-refractivity contribution in [2.45, 2.75) is 13.0 Å². The summed E-state index contributed by atoms with van der Waals surface area (Å²) in [4.78, 5) is 14.6.